The van der Waals surface area contributed by atoms with E-state index in [0.29, 0.717) is 24.6 Å². The lowest BCUT2D eigenvalue weighted by molar-refractivity contribution is -0.114. The van der Waals surface area contributed by atoms with Crippen LogP contribution in [-0.2, 0) is 11.3 Å². The van der Waals surface area contributed by atoms with Gasteiger partial charge in [-0.05, 0) is 24.6 Å². The molecule has 0 aliphatic rings. The third kappa shape index (κ3) is 4.41. The van der Waals surface area contributed by atoms with E-state index in [1.165, 1.54) is 6.92 Å². The van der Waals surface area contributed by atoms with E-state index in [4.69, 9.17) is 0 Å². The van der Waals surface area contributed by atoms with Crippen molar-refractivity contribution in [2.75, 3.05) is 11.9 Å². The first kappa shape index (κ1) is 18.4. The molecule has 0 atom stereocenters. The molecular weight excluding hydrogens is 340 g/mol. The van der Waals surface area contributed by atoms with Crippen molar-refractivity contribution >= 4 is 17.6 Å². The maximum Gasteiger partial charge on any atom is 0.274 e. The molecule has 0 radical (unpaired) electrons. The predicted octanol–water partition coefficient (Wildman–Crippen LogP) is 3.49. The van der Waals surface area contributed by atoms with E-state index in [1.807, 2.05) is 67.6 Å². The summed E-state index contributed by atoms with van der Waals surface area (Å²) in [6, 6.07) is 20.8. The number of anilines is 1. The number of hydrogen-bond acceptors (Lipinski definition) is 3. The van der Waals surface area contributed by atoms with Gasteiger partial charge >= 0.3 is 0 Å². The first-order chi connectivity index (χ1) is 13.1. The number of para-hydroxylation sites is 1. The van der Waals surface area contributed by atoms with Crippen LogP contribution in [0.4, 0.5) is 5.82 Å². The second-order valence-electron chi connectivity index (χ2n) is 6.15. The highest BCUT2D eigenvalue weighted by atomic mass is 16.2. The minimum absolute atomic E-state index is 0.178. The van der Waals surface area contributed by atoms with Crippen LogP contribution in [0, 0.1) is 0 Å². The predicted molar refractivity (Wildman–Crippen MR) is 105 cm³/mol. The maximum absolute atomic E-state index is 13.0. The Balaban J connectivity index is 1.91. The van der Waals surface area contributed by atoms with Crippen molar-refractivity contribution in [3.63, 3.8) is 0 Å². The fraction of sp³-hybridized carbons (Fsp3) is 0.190. The molecule has 0 unspecified atom stereocenters. The first-order valence-electron chi connectivity index (χ1n) is 8.84. The number of aromatic nitrogens is 2. The number of nitrogens with one attached hydrogen (secondary N) is 1. The summed E-state index contributed by atoms with van der Waals surface area (Å²) in [6.07, 6.45) is 0. The number of carbonyl (C=O) groups is 2. The Labute approximate surface area is 158 Å². The molecule has 3 rings (SSSR count). The molecule has 3 aromatic rings. The highest BCUT2D eigenvalue weighted by molar-refractivity contribution is 5.95. The minimum Gasteiger partial charge on any atom is -0.333 e. The molecule has 6 nitrogen and oxygen atoms in total. The highest BCUT2D eigenvalue weighted by Gasteiger charge is 2.21. The van der Waals surface area contributed by atoms with Gasteiger partial charge in [-0.15, -0.1) is 0 Å². The zero-order valence-electron chi connectivity index (χ0n) is 15.4. The van der Waals surface area contributed by atoms with Crippen LogP contribution in [0.5, 0.6) is 0 Å². The lowest BCUT2D eigenvalue weighted by Gasteiger charge is -2.19. The van der Waals surface area contributed by atoms with Gasteiger partial charge in [0.05, 0.1) is 5.69 Å². The minimum atomic E-state index is -0.220. The van der Waals surface area contributed by atoms with Gasteiger partial charge in [0.2, 0.25) is 5.91 Å². The third-order valence-electron chi connectivity index (χ3n) is 4.12. The largest absolute Gasteiger partial charge is 0.333 e. The molecule has 138 valence electrons. The third-order valence-corrected chi connectivity index (χ3v) is 4.12. The van der Waals surface area contributed by atoms with Crippen LogP contribution in [-0.4, -0.2) is 33.0 Å². The Morgan fingerprint density at radius 1 is 1.04 bits per heavy atom. The van der Waals surface area contributed by atoms with Crippen LogP contribution < -0.4 is 5.32 Å². The Morgan fingerprint density at radius 3 is 2.26 bits per heavy atom. The van der Waals surface area contributed by atoms with Crippen molar-refractivity contribution in [2.24, 2.45) is 0 Å². The molecule has 1 heterocycles. The van der Waals surface area contributed by atoms with Crippen LogP contribution in [0.1, 0.15) is 29.9 Å². The van der Waals surface area contributed by atoms with Crippen LogP contribution in [0.25, 0.3) is 5.69 Å². The summed E-state index contributed by atoms with van der Waals surface area (Å²) in [5.74, 6) is 0.0677. The van der Waals surface area contributed by atoms with E-state index in [9.17, 15) is 9.59 Å². The Bertz CT molecular complexity index is 920. The molecule has 0 saturated carbocycles. The van der Waals surface area contributed by atoms with Crippen LogP contribution in [0.15, 0.2) is 66.7 Å². The normalized spacial score (nSPS) is 10.4. The summed E-state index contributed by atoms with van der Waals surface area (Å²) in [4.78, 5) is 26.3. The number of benzene rings is 2. The summed E-state index contributed by atoms with van der Waals surface area (Å²) in [7, 11) is 0. The van der Waals surface area contributed by atoms with Gasteiger partial charge in [0.1, 0.15) is 5.82 Å². The molecule has 0 spiro atoms. The van der Waals surface area contributed by atoms with E-state index >= 15 is 0 Å². The van der Waals surface area contributed by atoms with Gasteiger partial charge in [0.25, 0.3) is 5.91 Å². The number of carbonyl (C=O) groups excluding carboxylic acids is 2. The maximum atomic E-state index is 13.0. The van der Waals surface area contributed by atoms with E-state index in [0.717, 1.165) is 11.3 Å². The molecule has 2 amide bonds. The summed E-state index contributed by atoms with van der Waals surface area (Å²) < 4.78 is 1.57. The molecule has 0 bridgehead atoms. The summed E-state index contributed by atoms with van der Waals surface area (Å²) in [6.45, 7) is 4.42. The van der Waals surface area contributed by atoms with Crippen molar-refractivity contribution in [2.45, 2.75) is 20.4 Å². The second-order valence-corrected chi connectivity index (χ2v) is 6.15. The topological polar surface area (TPSA) is 67.2 Å². The van der Waals surface area contributed by atoms with Crippen molar-refractivity contribution < 1.29 is 9.59 Å². The smallest absolute Gasteiger partial charge is 0.274 e. The molecule has 27 heavy (non-hydrogen) atoms. The van der Waals surface area contributed by atoms with E-state index in [1.54, 1.807) is 15.6 Å². The van der Waals surface area contributed by atoms with E-state index < -0.39 is 0 Å². The molecule has 6 heteroatoms. The summed E-state index contributed by atoms with van der Waals surface area (Å²) >= 11 is 0. The van der Waals surface area contributed by atoms with Gasteiger partial charge < -0.3 is 10.2 Å². The molecule has 1 N–H and O–H groups in total. The molecule has 0 saturated heterocycles. The first-order valence-corrected chi connectivity index (χ1v) is 8.84. The number of rotatable bonds is 6. The fourth-order valence-electron chi connectivity index (χ4n) is 2.81. The van der Waals surface area contributed by atoms with Gasteiger partial charge in [-0.1, -0.05) is 48.5 Å². The van der Waals surface area contributed by atoms with Gasteiger partial charge in [-0.2, -0.15) is 5.10 Å². The van der Waals surface area contributed by atoms with Crippen LogP contribution in [0.3, 0.4) is 0 Å². The average Bonchev–Trinajstić information content (AvgIpc) is 3.10. The van der Waals surface area contributed by atoms with Crippen molar-refractivity contribution in [1.82, 2.24) is 14.7 Å². The quantitative estimate of drug-likeness (QED) is 0.730. The Kier molecular flexibility index (Phi) is 5.66. The number of hydrogen-bond donors (Lipinski definition) is 1. The van der Waals surface area contributed by atoms with Gasteiger partial charge in [-0.25, -0.2) is 4.68 Å². The summed E-state index contributed by atoms with van der Waals surface area (Å²) in [5.41, 5.74) is 2.11. The fourth-order valence-corrected chi connectivity index (χ4v) is 2.81. The number of amides is 2. The molecule has 2 aromatic carbocycles. The van der Waals surface area contributed by atoms with Gasteiger partial charge in [0, 0.05) is 26.1 Å². The zero-order valence-corrected chi connectivity index (χ0v) is 15.4. The van der Waals surface area contributed by atoms with Crippen LogP contribution in [0.2, 0.25) is 0 Å². The molecule has 1 aromatic heterocycles. The number of nitrogens with zero attached hydrogens (tertiary/aromatic N) is 3. The Hall–Kier alpha value is -3.41. The van der Waals surface area contributed by atoms with Crippen molar-refractivity contribution in [1.29, 1.82) is 0 Å². The average molecular weight is 362 g/mol. The molecule has 0 aliphatic heterocycles. The van der Waals surface area contributed by atoms with Crippen molar-refractivity contribution in [3.05, 3.63) is 78.0 Å². The second kappa shape index (κ2) is 8.31. The lowest BCUT2D eigenvalue weighted by Crippen LogP contribution is -2.30. The molecule has 0 aliphatic carbocycles. The standard InChI is InChI=1S/C21H22N4O2/c1-3-24(15-17-10-6-4-7-11-17)21(27)19-14-20(22-16(2)26)25(23-19)18-12-8-5-9-13-18/h4-14H,3,15H2,1-2H3,(H,22,26). The lowest BCUT2D eigenvalue weighted by atomic mass is 10.2. The zero-order chi connectivity index (χ0) is 19.2. The van der Waals surface area contributed by atoms with Gasteiger partial charge in [-0.3, -0.25) is 9.59 Å². The highest BCUT2D eigenvalue weighted by Crippen LogP contribution is 2.19. The van der Waals surface area contributed by atoms with E-state index in [-0.39, 0.29) is 11.8 Å². The molecule has 0 fully saturated rings. The van der Waals surface area contributed by atoms with Gasteiger partial charge in [0.15, 0.2) is 5.69 Å². The van der Waals surface area contributed by atoms with Crippen molar-refractivity contribution in [3.8, 4) is 5.69 Å². The molecular formula is C21H22N4O2. The monoisotopic (exact) mass is 362 g/mol. The summed E-state index contributed by atoms with van der Waals surface area (Å²) in [5, 5.41) is 7.20. The Morgan fingerprint density at radius 2 is 1.67 bits per heavy atom. The SMILES string of the molecule is CCN(Cc1ccccc1)C(=O)c1cc(NC(C)=O)n(-c2ccccc2)n1. The van der Waals surface area contributed by atoms with Crippen LogP contribution >= 0.6 is 0 Å². The van der Waals surface area contributed by atoms with E-state index in [2.05, 4.69) is 10.4 Å².